The van der Waals surface area contributed by atoms with Gasteiger partial charge in [-0.1, -0.05) is 18.2 Å². The quantitative estimate of drug-likeness (QED) is 0.468. The predicted octanol–water partition coefficient (Wildman–Crippen LogP) is 1.59. The van der Waals surface area contributed by atoms with Gasteiger partial charge in [0.25, 0.3) is 0 Å². The van der Waals surface area contributed by atoms with Crippen molar-refractivity contribution < 1.29 is 14.3 Å². The zero-order chi connectivity index (χ0) is 17.2. The number of hydrogen-bond donors (Lipinski definition) is 2. The largest absolute Gasteiger partial charge is 0.492 e. The highest BCUT2D eigenvalue weighted by molar-refractivity contribution is 5.78. The van der Waals surface area contributed by atoms with Crippen molar-refractivity contribution in [3.63, 3.8) is 0 Å². The number of carbonyl (C=O) groups excluding carboxylic acids is 1. The first-order valence-corrected chi connectivity index (χ1v) is 8.35. The van der Waals surface area contributed by atoms with E-state index in [-0.39, 0.29) is 12.1 Å². The predicted molar refractivity (Wildman–Crippen MR) is 93.2 cm³/mol. The Morgan fingerprint density at radius 2 is 2.04 bits per heavy atom. The van der Waals surface area contributed by atoms with E-state index in [1.54, 1.807) is 4.90 Å². The molecule has 0 saturated carbocycles. The molecule has 0 aromatic heterocycles. The second-order valence-corrected chi connectivity index (χ2v) is 5.53. The van der Waals surface area contributed by atoms with E-state index in [0.717, 1.165) is 18.6 Å². The number of rotatable bonds is 6. The Balaban J connectivity index is 1.64. The van der Waals surface area contributed by atoms with Gasteiger partial charge in [-0.2, -0.15) is 0 Å². The average molecular weight is 334 g/mol. The summed E-state index contributed by atoms with van der Waals surface area (Å²) in [4.78, 5) is 17.6. The standard InChI is InChI=1S/C17H26N4O3/c1-2-23-17(22)21-11-8-14(9-12-21)20-16(18)19-10-13-24-15-6-4-3-5-7-15/h3-7,14H,2,8-13H2,1H3,(H3,18,19,20). The number of piperidine rings is 1. The highest BCUT2D eigenvalue weighted by atomic mass is 16.6. The van der Waals surface area contributed by atoms with Crippen molar-refractivity contribution in [1.29, 1.82) is 0 Å². The lowest BCUT2D eigenvalue weighted by molar-refractivity contribution is 0.0963. The van der Waals surface area contributed by atoms with E-state index in [1.165, 1.54) is 0 Å². The van der Waals surface area contributed by atoms with E-state index >= 15 is 0 Å². The normalized spacial score (nSPS) is 15.9. The summed E-state index contributed by atoms with van der Waals surface area (Å²) in [7, 11) is 0. The van der Waals surface area contributed by atoms with Gasteiger partial charge in [-0.05, 0) is 31.9 Å². The minimum absolute atomic E-state index is 0.231. The van der Waals surface area contributed by atoms with Gasteiger partial charge in [0.05, 0.1) is 13.2 Å². The molecule has 1 aliphatic heterocycles. The Bertz CT molecular complexity index is 528. The maximum absolute atomic E-state index is 11.6. The molecule has 24 heavy (non-hydrogen) atoms. The zero-order valence-corrected chi connectivity index (χ0v) is 14.1. The summed E-state index contributed by atoms with van der Waals surface area (Å²) in [5.41, 5.74) is 5.90. The maximum Gasteiger partial charge on any atom is 0.409 e. The molecule has 0 aliphatic carbocycles. The molecule has 132 valence electrons. The number of aliphatic imine (C=N–C) groups is 1. The molecule has 1 saturated heterocycles. The smallest absolute Gasteiger partial charge is 0.409 e. The summed E-state index contributed by atoms with van der Waals surface area (Å²) in [6.07, 6.45) is 1.42. The van der Waals surface area contributed by atoms with Crippen LogP contribution in [0.4, 0.5) is 4.79 Å². The summed E-state index contributed by atoms with van der Waals surface area (Å²) in [5.74, 6) is 1.24. The lowest BCUT2D eigenvalue weighted by Gasteiger charge is -2.31. The van der Waals surface area contributed by atoms with Crippen LogP contribution in [-0.4, -0.2) is 55.8 Å². The van der Waals surface area contributed by atoms with Gasteiger partial charge in [0.1, 0.15) is 12.4 Å². The lowest BCUT2D eigenvalue weighted by Crippen LogP contribution is -2.48. The molecule has 2 rings (SSSR count). The number of nitrogens with two attached hydrogens (primary N) is 1. The van der Waals surface area contributed by atoms with Gasteiger partial charge in [-0.15, -0.1) is 0 Å². The van der Waals surface area contributed by atoms with Crippen molar-refractivity contribution in [3.05, 3.63) is 30.3 Å². The fourth-order valence-corrected chi connectivity index (χ4v) is 2.52. The third-order valence-corrected chi connectivity index (χ3v) is 3.76. The summed E-state index contributed by atoms with van der Waals surface area (Å²) in [6, 6.07) is 9.84. The van der Waals surface area contributed by atoms with E-state index in [4.69, 9.17) is 15.2 Å². The van der Waals surface area contributed by atoms with Crippen LogP contribution in [0.15, 0.2) is 35.3 Å². The Labute approximate surface area is 142 Å². The molecule has 7 nitrogen and oxygen atoms in total. The summed E-state index contributed by atoms with van der Waals surface area (Å²) in [5, 5.41) is 3.20. The molecule has 0 bridgehead atoms. The van der Waals surface area contributed by atoms with Crippen molar-refractivity contribution >= 4 is 12.1 Å². The van der Waals surface area contributed by atoms with E-state index in [9.17, 15) is 4.79 Å². The number of ether oxygens (including phenoxy) is 2. The van der Waals surface area contributed by atoms with Crippen LogP contribution in [-0.2, 0) is 4.74 Å². The molecule has 3 N–H and O–H groups in total. The van der Waals surface area contributed by atoms with Crippen LogP contribution in [0.1, 0.15) is 19.8 Å². The molecule has 0 spiro atoms. The van der Waals surface area contributed by atoms with Gasteiger partial charge >= 0.3 is 6.09 Å². The summed E-state index contributed by atoms with van der Waals surface area (Å²) < 4.78 is 10.6. The number of nitrogens with zero attached hydrogens (tertiary/aromatic N) is 2. The molecule has 1 heterocycles. The number of para-hydroxylation sites is 1. The Morgan fingerprint density at radius 3 is 2.71 bits per heavy atom. The van der Waals surface area contributed by atoms with Crippen LogP contribution in [0.5, 0.6) is 5.75 Å². The van der Waals surface area contributed by atoms with Crippen LogP contribution >= 0.6 is 0 Å². The molecule has 7 heteroatoms. The number of benzene rings is 1. The summed E-state index contributed by atoms with van der Waals surface area (Å²) >= 11 is 0. The van der Waals surface area contributed by atoms with E-state index in [2.05, 4.69) is 10.3 Å². The highest BCUT2D eigenvalue weighted by Crippen LogP contribution is 2.11. The first-order valence-electron chi connectivity index (χ1n) is 8.35. The van der Waals surface area contributed by atoms with Crippen LogP contribution in [0.2, 0.25) is 0 Å². The second-order valence-electron chi connectivity index (χ2n) is 5.53. The van der Waals surface area contributed by atoms with Gasteiger partial charge < -0.3 is 25.4 Å². The number of amides is 1. The molecule has 1 aromatic carbocycles. The van der Waals surface area contributed by atoms with Crippen molar-refractivity contribution in [3.8, 4) is 5.75 Å². The molecule has 1 amide bonds. The molecule has 1 aliphatic rings. The minimum atomic E-state index is -0.240. The molecule has 1 fully saturated rings. The molecule has 0 unspecified atom stereocenters. The Hall–Kier alpha value is -2.44. The topological polar surface area (TPSA) is 89.2 Å². The third kappa shape index (κ3) is 5.98. The molecular weight excluding hydrogens is 308 g/mol. The number of hydrogen-bond acceptors (Lipinski definition) is 4. The van der Waals surface area contributed by atoms with Crippen molar-refractivity contribution in [1.82, 2.24) is 10.2 Å². The van der Waals surface area contributed by atoms with Gasteiger partial charge in [0, 0.05) is 19.1 Å². The SMILES string of the molecule is CCOC(=O)N1CCC(NC(N)=NCCOc2ccccc2)CC1. The van der Waals surface area contributed by atoms with E-state index in [1.807, 2.05) is 37.3 Å². The van der Waals surface area contributed by atoms with Gasteiger partial charge in [0.15, 0.2) is 5.96 Å². The average Bonchev–Trinajstić information content (AvgIpc) is 2.60. The van der Waals surface area contributed by atoms with Gasteiger partial charge in [0.2, 0.25) is 0 Å². The number of nitrogens with one attached hydrogen (secondary N) is 1. The monoisotopic (exact) mass is 334 g/mol. The molecule has 0 atom stereocenters. The highest BCUT2D eigenvalue weighted by Gasteiger charge is 2.23. The maximum atomic E-state index is 11.6. The number of likely N-dealkylation sites (tertiary alicyclic amines) is 1. The number of carbonyl (C=O) groups is 1. The molecular formula is C17H26N4O3. The zero-order valence-electron chi connectivity index (χ0n) is 14.1. The van der Waals surface area contributed by atoms with Crippen LogP contribution in [0.25, 0.3) is 0 Å². The first-order chi connectivity index (χ1) is 11.7. The van der Waals surface area contributed by atoms with Crippen LogP contribution in [0, 0.1) is 0 Å². The number of guanidine groups is 1. The first kappa shape index (κ1) is 17.9. The van der Waals surface area contributed by atoms with E-state index < -0.39 is 0 Å². The lowest BCUT2D eigenvalue weighted by atomic mass is 10.1. The molecule has 1 aromatic rings. The molecule has 0 radical (unpaired) electrons. The minimum Gasteiger partial charge on any atom is -0.492 e. The fourth-order valence-electron chi connectivity index (χ4n) is 2.52. The van der Waals surface area contributed by atoms with Crippen molar-refractivity contribution in [2.24, 2.45) is 10.7 Å². The van der Waals surface area contributed by atoms with E-state index in [0.29, 0.717) is 38.8 Å². The van der Waals surface area contributed by atoms with Crippen molar-refractivity contribution in [2.75, 3.05) is 32.8 Å². The summed E-state index contributed by atoms with van der Waals surface area (Å²) in [6.45, 7) is 4.53. The second kappa shape index (κ2) is 9.64. The Kier molecular flexibility index (Phi) is 7.20. The fraction of sp³-hybridized carbons (Fsp3) is 0.529. The van der Waals surface area contributed by atoms with Gasteiger partial charge in [-0.3, -0.25) is 0 Å². The Morgan fingerprint density at radius 1 is 1.33 bits per heavy atom. The van der Waals surface area contributed by atoms with Crippen molar-refractivity contribution in [2.45, 2.75) is 25.8 Å². The van der Waals surface area contributed by atoms with Gasteiger partial charge in [-0.25, -0.2) is 9.79 Å². The van der Waals surface area contributed by atoms with Crippen LogP contribution < -0.4 is 15.8 Å². The van der Waals surface area contributed by atoms with Crippen LogP contribution in [0.3, 0.4) is 0 Å². The third-order valence-electron chi connectivity index (χ3n) is 3.76.